The third-order valence-corrected chi connectivity index (χ3v) is 12.7. The van der Waals surface area contributed by atoms with E-state index in [-0.39, 0.29) is 42.9 Å². The highest BCUT2D eigenvalue weighted by Crippen LogP contribution is 2.47. The van der Waals surface area contributed by atoms with E-state index >= 15 is 0 Å². The number of ether oxygens (including phenoxy) is 1. The largest absolute Gasteiger partial charge is 0.471 e. The Hall–Kier alpha value is -4.93. The van der Waals surface area contributed by atoms with E-state index in [2.05, 4.69) is 30.5 Å². The molecule has 4 heterocycles. The Bertz CT molecular complexity index is 2050. The molecule has 276 valence electrons. The molecule has 0 bridgehead atoms. The summed E-state index contributed by atoms with van der Waals surface area (Å²) in [7, 11) is -4.01. The Morgan fingerprint density at radius 3 is 2.69 bits per heavy atom. The number of hydrogen-bond acceptors (Lipinski definition) is 11. The SMILES string of the molecule is Cc1nc2cccc(F)c2nc1O[C@@H]1C[C@H]2C(=O)N[C@]3(C(=O)NS(=O)(=O)C4(C)CC4)C[C@H]3/C=C\CCCCC[C@H](NC(=O)c3ccon3)C(=O)N2C1. The number of aryl methyl sites for hydroxylation is 1. The Kier molecular flexibility index (Phi) is 9.25. The number of rotatable bonds is 7. The molecule has 4 amide bonds. The van der Waals surface area contributed by atoms with Gasteiger partial charge in [-0.1, -0.05) is 36.2 Å². The van der Waals surface area contributed by atoms with Crippen molar-refractivity contribution in [3.63, 3.8) is 0 Å². The average molecular weight is 738 g/mol. The molecule has 3 aromatic rings. The number of carbonyl (C=O) groups is 4. The van der Waals surface area contributed by atoms with Gasteiger partial charge in [-0.25, -0.2) is 22.8 Å². The first kappa shape index (κ1) is 35.5. The van der Waals surface area contributed by atoms with Crippen molar-refractivity contribution in [3.05, 3.63) is 59.9 Å². The summed E-state index contributed by atoms with van der Waals surface area (Å²) in [4.78, 5) is 65.6. The lowest BCUT2D eigenvalue weighted by molar-refractivity contribution is -0.141. The van der Waals surface area contributed by atoms with Crippen molar-refractivity contribution < 1.29 is 41.2 Å². The lowest BCUT2D eigenvalue weighted by Crippen LogP contribution is -2.58. The minimum Gasteiger partial charge on any atom is -0.471 e. The quantitative estimate of drug-likeness (QED) is 0.301. The number of hydrogen-bond donors (Lipinski definition) is 3. The summed E-state index contributed by atoms with van der Waals surface area (Å²) in [5, 5.41) is 9.24. The zero-order chi connectivity index (χ0) is 36.8. The Balaban J connectivity index is 1.20. The first-order valence-electron chi connectivity index (χ1n) is 17.5. The maximum Gasteiger partial charge on any atom is 0.274 e. The van der Waals surface area contributed by atoms with Gasteiger partial charge in [0, 0.05) is 18.4 Å². The van der Waals surface area contributed by atoms with Crippen LogP contribution in [0.1, 0.15) is 80.9 Å². The van der Waals surface area contributed by atoms with Crippen LogP contribution in [0, 0.1) is 18.7 Å². The normalized spacial score (nSPS) is 28.0. The third-order valence-electron chi connectivity index (χ3n) is 10.5. The van der Waals surface area contributed by atoms with Crippen LogP contribution in [0.2, 0.25) is 0 Å². The fraction of sp³-hybridized carbons (Fsp3) is 0.514. The molecule has 0 unspecified atom stereocenters. The predicted octanol–water partition coefficient (Wildman–Crippen LogP) is 2.61. The molecule has 3 N–H and O–H groups in total. The molecule has 1 saturated heterocycles. The molecule has 2 aliphatic carbocycles. The number of amides is 4. The highest BCUT2D eigenvalue weighted by atomic mass is 32.2. The van der Waals surface area contributed by atoms with Crippen molar-refractivity contribution in [1.29, 1.82) is 0 Å². The van der Waals surface area contributed by atoms with E-state index in [0.717, 1.165) is 12.8 Å². The number of aromatic nitrogens is 3. The van der Waals surface area contributed by atoms with Gasteiger partial charge in [0.05, 0.1) is 16.8 Å². The summed E-state index contributed by atoms with van der Waals surface area (Å²) >= 11 is 0. The van der Waals surface area contributed by atoms with E-state index in [1.807, 2.05) is 12.2 Å². The number of sulfonamides is 1. The van der Waals surface area contributed by atoms with Crippen molar-refractivity contribution in [1.82, 2.24) is 35.4 Å². The maximum absolute atomic E-state index is 14.7. The van der Waals surface area contributed by atoms with E-state index in [1.54, 1.807) is 19.9 Å². The summed E-state index contributed by atoms with van der Waals surface area (Å²) in [6.07, 6.45) is 8.11. The molecule has 3 fully saturated rings. The molecule has 2 aliphatic heterocycles. The molecule has 5 atom stereocenters. The lowest BCUT2D eigenvalue weighted by atomic mass is 10.0. The number of nitrogens with zero attached hydrogens (tertiary/aromatic N) is 4. The van der Waals surface area contributed by atoms with Gasteiger partial charge >= 0.3 is 0 Å². The number of benzene rings is 1. The maximum atomic E-state index is 14.7. The number of fused-ring (bicyclic) bond motifs is 3. The zero-order valence-corrected chi connectivity index (χ0v) is 29.6. The molecule has 15 nitrogen and oxygen atoms in total. The standard InChI is InChI=1S/C35H40FN7O8S/c1-20-31(39-28-23(36)10-8-12-24(28)37-20)51-22-17-27-30(45)40-35(33(47)42-52(48,49)34(2)14-15-34)18-21(35)9-6-4-3-5-7-11-26(32(46)43(27)19-22)38-29(44)25-13-16-50-41-25/h6,8-10,12-13,16,21-22,26-27H,3-5,7,11,14-15,17-19H2,1-2H3,(H,38,44)(H,40,45)(H,42,47)/b9-6-/t21-,22-,26+,27+,35-/m1/s1. The van der Waals surface area contributed by atoms with Crippen molar-refractivity contribution >= 4 is 44.7 Å². The van der Waals surface area contributed by atoms with E-state index in [0.29, 0.717) is 36.9 Å². The first-order valence-corrected chi connectivity index (χ1v) is 19.0. The smallest absolute Gasteiger partial charge is 0.274 e. The average Bonchev–Trinajstić information content (AvgIpc) is 3.85. The number of halogens is 1. The highest BCUT2D eigenvalue weighted by Gasteiger charge is 2.63. The summed E-state index contributed by atoms with van der Waals surface area (Å²) in [5.74, 6) is -3.76. The van der Waals surface area contributed by atoms with Crippen LogP contribution >= 0.6 is 0 Å². The molecule has 2 aromatic heterocycles. The van der Waals surface area contributed by atoms with Crippen LogP contribution in [-0.2, 0) is 24.4 Å². The number of nitrogens with one attached hydrogen (secondary N) is 3. The molecular formula is C35H40FN7O8S. The molecular weight excluding hydrogens is 697 g/mol. The first-order chi connectivity index (χ1) is 24.8. The summed E-state index contributed by atoms with van der Waals surface area (Å²) in [6.45, 7) is 3.10. The van der Waals surface area contributed by atoms with Crippen molar-refractivity contribution in [2.75, 3.05) is 6.54 Å². The van der Waals surface area contributed by atoms with E-state index < -0.39 is 73.9 Å². The van der Waals surface area contributed by atoms with Crippen LogP contribution in [0.3, 0.4) is 0 Å². The van der Waals surface area contributed by atoms with Gasteiger partial charge < -0.3 is 24.8 Å². The second-order valence-electron chi connectivity index (χ2n) is 14.3. The van der Waals surface area contributed by atoms with Gasteiger partial charge in [-0.05, 0) is 64.5 Å². The van der Waals surface area contributed by atoms with Crippen molar-refractivity contribution in [2.45, 2.75) is 100 Å². The van der Waals surface area contributed by atoms with Gasteiger partial charge in [-0.15, -0.1) is 0 Å². The van der Waals surface area contributed by atoms with Crippen LogP contribution < -0.4 is 20.1 Å². The molecule has 0 spiro atoms. The molecule has 7 rings (SSSR count). The minimum absolute atomic E-state index is 0.00353. The number of para-hydroxylation sites is 1. The fourth-order valence-corrected chi connectivity index (χ4v) is 8.21. The van der Waals surface area contributed by atoms with Gasteiger partial charge in [0.1, 0.15) is 41.2 Å². The second kappa shape index (κ2) is 13.6. The molecule has 52 heavy (non-hydrogen) atoms. The third kappa shape index (κ3) is 6.85. The van der Waals surface area contributed by atoms with Gasteiger partial charge in [0.25, 0.3) is 11.8 Å². The Labute approximate surface area is 299 Å². The monoisotopic (exact) mass is 737 g/mol. The van der Waals surface area contributed by atoms with E-state index in [9.17, 15) is 32.0 Å². The van der Waals surface area contributed by atoms with Crippen LogP contribution in [0.15, 0.2) is 47.2 Å². The molecule has 4 aliphatic rings. The van der Waals surface area contributed by atoms with Gasteiger partial charge in [-0.2, -0.15) is 0 Å². The molecule has 0 radical (unpaired) electrons. The zero-order valence-electron chi connectivity index (χ0n) is 28.8. The summed E-state index contributed by atoms with van der Waals surface area (Å²) in [5.41, 5.74) is -0.885. The fourth-order valence-electron chi connectivity index (χ4n) is 6.89. The second-order valence-corrected chi connectivity index (χ2v) is 16.5. The molecule has 1 aromatic carbocycles. The Morgan fingerprint density at radius 2 is 1.94 bits per heavy atom. The van der Waals surface area contributed by atoms with Crippen molar-refractivity contribution in [3.8, 4) is 5.88 Å². The van der Waals surface area contributed by atoms with E-state index in [4.69, 9.17) is 9.26 Å². The lowest BCUT2D eigenvalue weighted by Gasteiger charge is -2.30. The summed E-state index contributed by atoms with van der Waals surface area (Å²) < 4.78 is 53.0. The molecule has 17 heteroatoms. The summed E-state index contributed by atoms with van der Waals surface area (Å²) in [6, 6.07) is 3.52. The highest BCUT2D eigenvalue weighted by molar-refractivity contribution is 7.91. The van der Waals surface area contributed by atoms with Crippen molar-refractivity contribution in [2.24, 2.45) is 5.92 Å². The number of carbonyl (C=O) groups excluding carboxylic acids is 4. The van der Waals surface area contributed by atoms with Crippen LogP contribution in [0.25, 0.3) is 11.0 Å². The predicted molar refractivity (Wildman–Crippen MR) is 182 cm³/mol. The van der Waals surface area contributed by atoms with Gasteiger partial charge in [-0.3, -0.25) is 23.9 Å². The molecule has 2 saturated carbocycles. The van der Waals surface area contributed by atoms with E-state index in [1.165, 1.54) is 29.4 Å². The number of allylic oxidation sites excluding steroid dienone is 1. The van der Waals surface area contributed by atoms with Crippen LogP contribution in [-0.4, -0.2) is 87.1 Å². The van der Waals surface area contributed by atoms with Crippen LogP contribution in [0.4, 0.5) is 4.39 Å². The topological polar surface area (TPSA) is 203 Å². The Morgan fingerprint density at radius 1 is 1.13 bits per heavy atom. The minimum atomic E-state index is -4.01. The van der Waals surface area contributed by atoms with Gasteiger partial charge in [0.15, 0.2) is 11.5 Å². The van der Waals surface area contributed by atoms with Crippen LogP contribution in [0.5, 0.6) is 5.88 Å². The van der Waals surface area contributed by atoms with Gasteiger partial charge in [0.2, 0.25) is 27.7 Å².